The molecule has 1 rings (SSSR count). The predicted octanol–water partition coefficient (Wildman–Crippen LogP) is 1.13. The van der Waals surface area contributed by atoms with Gasteiger partial charge in [0.15, 0.2) is 11.6 Å². The van der Waals surface area contributed by atoms with E-state index in [0.717, 1.165) is 6.07 Å². The predicted molar refractivity (Wildman–Crippen MR) is 47.4 cm³/mol. The van der Waals surface area contributed by atoms with Gasteiger partial charge < -0.3 is 4.74 Å². The largest absolute Gasteiger partial charge is 0.494 e. The van der Waals surface area contributed by atoms with Gasteiger partial charge in [-0.25, -0.2) is 9.87 Å². The third-order valence-electron chi connectivity index (χ3n) is 1.61. The van der Waals surface area contributed by atoms with Gasteiger partial charge in [0.1, 0.15) is 0 Å². The first kappa shape index (κ1) is 10.5. The Morgan fingerprint density at radius 2 is 2.14 bits per heavy atom. The minimum absolute atomic E-state index is 0.0963. The maximum absolute atomic E-state index is 13.1. The Hall–Kier alpha value is -1.62. The number of rotatable bonds is 3. The van der Waals surface area contributed by atoms with Gasteiger partial charge in [0.2, 0.25) is 0 Å². The van der Waals surface area contributed by atoms with Gasteiger partial charge in [-0.15, -0.1) is 0 Å². The number of nitrogens with one attached hydrogen (secondary N) is 1. The van der Waals surface area contributed by atoms with Crippen molar-refractivity contribution >= 4 is 5.91 Å². The Balaban J connectivity index is 2.91. The molecular weight excluding hydrogens is 189 g/mol. The Morgan fingerprint density at radius 3 is 2.64 bits per heavy atom. The fourth-order valence-corrected chi connectivity index (χ4v) is 0.959. The molecule has 0 saturated heterocycles. The molecule has 0 heterocycles. The van der Waals surface area contributed by atoms with Gasteiger partial charge in [0, 0.05) is 5.56 Å². The van der Waals surface area contributed by atoms with Crippen LogP contribution in [0.1, 0.15) is 10.4 Å². The standard InChI is InChI=1S/C9H10FNO3/c1-13-8-4-3-6(5-7(8)10)9(12)11-14-2/h3-5H,1-2H3,(H,11,12). The van der Waals surface area contributed by atoms with Crippen LogP contribution in [0.15, 0.2) is 18.2 Å². The van der Waals surface area contributed by atoms with Crippen molar-refractivity contribution in [3.05, 3.63) is 29.6 Å². The summed E-state index contributed by atoms with van der Waals surface area (Å²) in [6, 6.07) is 3.89. The second-order valence-corrected chi connectivity index (χ2v) is 2.48. The Labute approximate surface area is 80.6 Å². The first-order valence-corrected chi connectivity index (χ1v) is 3.86. The molecule has 0 atom stereocenters. The van der Waals surface area contributed by atoms with E-state index in [9.17, 15) is 9.18 Å². The number of carbonyl (C=O) groups excluding carboxylic acids is 1. The van der Waals surface area contributed by atoms with Gasteiger partial charge in [-0.2, -0.15) is 0 Å². The zero-order chi connectivity index (χ0) is 10.6. The van der Waals surface area contributed by atoms with Crippen molar-refractivity contribution in [3.63, 3.8) is 0 Å². The zero-order valence-corrected chi connectivity index (χ0v) is 7.83. The summed E-state index contributed by atoms with van der Waals surface area (Å²) in [5, 5.41) is 0. The molecule has 0 spiro atoms. The van der Waals surface area contributed by atoms with E-state index < -0.39 is 11.7 Å². The van der Waals surface area contributed by atoms with Crippen LogP contribution in [0.2, 0.25) is 0 Å². The van der Waals surface area contributed by atoms with Crippen LogP contribution in [-0.2, 0) is 4.84 Å². The van der Waals surface area contributed by atoms with Crippen LogP contribution in [0.4, 0.5) is 4.39 Å². The molecule has 0 radical (unpaired) electrons. The van der Waals surface area contributed by atoms with E-state index in [-0.39, 0.29) is 11.3 Å². The number of ether oxygens (including phenoxy) is 1. The molecule has 76 valence electrons. The van der Waals surface area contributed by atoms with Crippen LogP contribution in [0.3, 0.4) is 0 Å². The summed E-state index contributed by atoms with van der Waals surface area (Å²) in [7, 11) is 2.66. The summed E-state index contributed by atoms with van der Waals surface area (Å²) in [5.74, 6) is -0.996. The molecule has 1 aromatic carbocycles. The molecule has 0 saturated carbocycles. The molecule has 0 fully saturated rings. The summed E-state index contributed by atoms with van der Waals surface area (Å²) in [4.78, 5) is 15.6. The van der Waals surface area contributed by atoms with Crippen LogP contribution in [0, 0.1) is 5.82 Å². The van der Waals surface area contributed by atoms with E-state index in [2.05, 4.69) is 10.3 Å². The highest BCUT2D eigenvalue weighted by molar-refractivity contribution is 5.93. The maximum Gasteiger partial charge on any atom is 0.274 e. The number of benzene rings is 1. The highest BCUT2D eigenvalue weighted by Crippen LogP contribution is 2.17. The average Bonchev–Trinajstić information content (AvgIpc) is 2.18. The van der Waals surface area contributed by atoms with Gasteiger partial charge in [0.05, 0.1) is 14.2 Å². The number of hydroxylamine groups is 1. The normalized spacial score (nSPS) is 9.64. The first-order valence-electron chi connectivity index (χ1n) is 3.86. The van der Waals surface area contributed by atoms with Crippen LogP contribution in [0.5, 0.6) is 5.75 Å². The fourth-order valence-electron chi connectivity index (χ4n) is 0.959. The average molecular weight is 199 g/mol. The molecule has 0 aliphatic carbocycles. The van der Waals surface area contributed by atoms with E-state index >= 15 is 0 Å². The highest BCUT2D eigenvalue weighted by atomic mass is 19.1. The summed E-state index contributed by atoms with van der Waals surface area (Å²) in [5.41, 5.74) is 2.25. The smallest absolute Gasteiger partial charge is 0.274 e. The molecule has 1 aromatic rings. The zero-order valence-electron chi connectivity index (χ0n) is 7.83. The lowest BCUT2D eigenvalue weighted by Crippen LogP contribution is -2.21. The molecule has 14 heavy (non-hydrogen) atoms. The van der Waals surface area contributed by atoms with Crippen LogP contribution >= 0.6 is 0 Å². The number of amides is 1. The Kier molecular flexibility index (Phi) is 3.41. The highest BCUT2D eigenvalue weighted by Gasteiger charge is 2.09. The lowest BCUT2D eigenvalue weighted by molar-refractivity contribution is 0.0537. The van der Waals surface area contributed by atoms with Crippen molar-refractivity contribution in [2.75, 3.05) is 14.2 Å². The maximum atomic E-state index is 13.1. The summed E-state index contributed by atoms with van der Waals surface area (Å²) < 4.78 is 17.8. The van der Waals surface area contributed by atoms with Gasteiger partial charge in [-0.3, -0.25) is 9.63 Å². The molecule has 5 heteroatoms. The third kappa shape index (κ3) is 2.20. The first-order chi connectivity index (χ1) is 6.69. The monoisotopic (exact) mass is 199 g/mol. The molecular formula is C9H10FNO3. The van der Waals surface area contributed by atoms with Crippen molar-refractivity contribution in [3.8, 4) is 5.75 Å². The second-order valence-electron chi connectivity index (χ2n) is 2.48. The fraction of sp³-hybridized carbons (Fsp3) is 0.222. The molecule has 1 amide bonds. The topological polar surface area (TPSA) is 47.6 Å². The third-order valence-corrected chi connectivity index (χ3v) is 1.61. The molecule has 0 bridgehead atoms. The molecule has 1 N–H and O–H groups in total. The second kappa shape index (κ2) is 4.57. The van der Waals surface area contributed by atoms with E-state index in [1.807, 2.05) is 0 Å². The van der Waals surface area contributed by atoms with E-state index in [0.29, 0.717) is 0 Å². The van der Waals surface area contributed by atoms with Crippen molar-refractivity contribution in [2.45, 2.75) is 0 Å². The van der Waals surface area contributed by atoms with Crippen molar-refractivity contribution in [1.82, 2.24) is 5.48 Å². The SMILES string of the molecule is CONC(=O)c1ccc(OC)c(F)c1. The van der Waals surface area contributed by atoms with Gasteiger partial charge in [0.25, 0.3) is 5.91 Å². The molecule has 0 unspecified atom stereocenters. The number of hydrogen-bond donors (Lipinski definition) is 1. The van der Waals surface area contributed by atoms with Crippen LogP contribution in [0.25, 0.3) is 0 Å². The van der Waals surface area contributed by atoms with E-state index in [1.165, 1.54) is 26.4 Å². The number of hydrogen-bond acceptors (Lipinski definition) is 3. The van der Waals surface area contributed by atoms with Crippen LogP contribution < -0.4 is 10.2 Å². The van der Waals surface area contributed by atoms with Crippen molar-refractivity contribution < 1.29 is 18.8 Å². The van der Waals surface area contributed by atoms with E-state index in [4.69, 9.17) is 4.74 Å². The van der Waals surface area contributed by atoms with Gasteiger partial charge >= 0.3 is 0 Å². The molecule has 0 aliphatic rings. The molecule has 0 aliphatic heterocycles. The lowest BCUT2D eigenvalue weighted by atomic mass is 10.2. The minimum Gasteiger partial charge on any atom is -0.494 e. The number of methoxy groups -OCH3 is 1. The van der Waals surface area contributed by atoms with Crippen molar-refractivity contribution in [1.29, 1.82) is 0 Å². The van der Waals surface area contributed by atoms with E-state index in [1.54, 1.807) is 0 Å². The number of carbonyl (C=O) groups is 1. The van der Waals surface area contributed by atoms with Gasteiger partial charge in [-0.05, 0) is 18.2 Å². The summed E-state index contributed by atoms with van der Waals surface area (Å²) >= 11 is 0. The Morgan fingerprint density at radius 1 is 1.43 bits per heavy atom. The van der Waals surface area contributed by atoms with Crippen molar-refractivity contribution in [2.24, 2.45) is 0 Å². The van der Waals surface area contributed by atoms with Crippen LogP contribution in [-0.4, -0.2) is 20.1 Å². The lowest BCUT2D eigenvalue weighted by Gasteiger charge is -2.04. The summed E-state index contributed by atoms with van der Waals surface area (Å²) in [6.45, 7) is 0. The minimum atomic E-state index is -0.587. The summed E-state index contributed by atoms with van der Waals surface area (Å²) in [6.07, 6.45) is 0. The Bertz CT molecular complexity index is 341. The molecule has 0 aromatic heterocycles. The molecule has 4 nitrogen and oxygen atoms in total. The quantitative estimate of drug-likeness (QED) is 0.742. The number of halogens is 1. The van der Waals surface area contributed by atoms with Gasteiger partial charge in [-0.1, -0.05) is 0 Å².